The van der Waals surface area contributed by atoms with Crippen LogP contribution in [0, 0.1) is 0 Å². The fraction of sp³-hybridized carbons (Fsp3) is 0.214. The zero-order valence-electron chi connectivity index (χ0n) is 12.9. The number of amides is 1. The highest BCUT2D eigenvalue weighted by molar-refractivity contribution is 6.30. The fourth-order valence-corrected chi connectivity index (χ4v) is 2.42. The Hall–Kier alpha value is -2.94. The topological polar surface area (TPSA) is 104 Å². The van der Waals surface area contributed by atoms with Crippen molar-refractivity contribution in [2.24, 2.45) is 14.1 Å². The van der Waals surface area contributed by atoms with Crippen molar-refractivity contribution in [2.75, 3.05) is 5.32 Å². The molecule has 0 radical (unpaired) electrons. The second-order valence-corrected chi connectivity index (χ2v) is 5.60. The molecular formula is C14H13ClN6O3. The van der Waals surface area contributed by atoms with Crippen molar-refractivity contribution in [1.29, 1.82) is 0 Å². The first-order valence-corrected chi connectivity index (χ1v) is 7.28. The van der Waals surface area contributed by atoms with Crippen LogP contribution in [0.5, 0.6) is 0 Å². The Bertz CT molecular complexity index is 1050. The third kappa shape index (κ3) is 2.69. The number of carbonyl (C=O) groups excluding carboxylic acids is 1. The van der Waals surface area contributed by atoms with Crippen molar-refractivity contribution in [1.82, 2.24) is 23.7 Å². The molecule has 3 rings (SSSR count). The monoisotopic (exact) mass is 348 g/mol. The quantitative estimate of drug-likeness (QED) is 0.724. The zero-order valence-corrected chi connectivity index (χ0v) is 13.6. The van der Waals surface area contributed by atoms with E-state index in [1.54, 1.807) is 12.1 Å². The van der Waals surface area contributed by atoms with E-state index in [0.29, 0.717) is 10.8 Å². The minimum Gasteiger partial charge on any atom is -0.315 e. The van der Waals surface area contributed by atoms with Crippen molar-refractivity contribution < 1.29 is 4.79 Å². The summed E-state index contributed by atoms with van der Waals surface area (Å²) in [7, 11) is 2.89. The number of fused-ring (bicyclic) bond motifs is 1. The third-order valence-corrected chi connectivity index (χ3v) is 3.75. The highest BCUT2D eigenvalue weighted by Gasteiger charge is 2.16. The van der Waals surface area contributed by atoms with E-state index in [1.165, 1.54) is 35.8 Å². The van der Waals surface area contributed by atoms with Crippen LogP contribution in [0.15, 0.2) is 34.2 Å². The van der Waals surface area contributed by atoms with Crippen molar-refractivity contribution in [2.45, 2.75) is 6.54 Å². The predicted molar refractivity (Wildman–Crippen MR) is 88.1 cm³/mol. The van der Waals surface area contributed by atoms with Gasteiger partial charge in [-0.1, -0.05) is 11.6 Å². The maximum atomic E-state index is 12.3. The van der Waals surface area contributed by atoms with Gasteiger partial charge in [-0.3, -0.25) is 18.7 Å². The van der Waals surface area contributed by atoms with Gasteiger partial charge in [0.2, 0.25) is 5.91 Å². The Labute approximate surface area is 140 Å². The SMILES string of the molecule is Cn1c(=O)c2c(ncn2CC(=O)Nc2ccc(Cl)cn2)n(C)c1=O. The molecule has 10 heteroatoms. The molecule has 3 aromatic rings. The fourth-order valence-electron chi connectivity index (χ4n) is 2.30. The molecule has 0 aromatic carbocycles. The van der Waals surface area contributed by atoms with E-state index in [1.807, 2.05) is 0 Å². The van der Waals surface area contributed by atoms with E-state index < -0.39 is 11.2 Å². The standard InChI is InChI=1S/C14H13ClN6O3/c1-19-12-11(13(23)20(2)14(19)24)21(7-17-12)6-10(22)18-9-4-3-8(15)5-16-9/h3-5,7H,6H2,1-2H3,(H,16,18,22). The average molecular weight is 349 g/mol. The Balaban J connectivity index is 1.93. The maximum Gasteiger partial charge on any atom is 0.332 e. The van der Waals surface area contributed by atoms with Crippen LogP contribution in [0.3, 0.4) is 0 Å². The van der Waals surface area contributed by atoms with Gasteiger partial charge >= 0.3 is 5.69 Å². The molecule has 124 valence electrons. The average Bonchev–Trinajstić information content (AvgIpc) is 2.96. The number of aryl methyl sites for hydroxylation is 1. The number of nitrogens with zero attached hydrogens (tertiary/aromatic N) is 5. The number of pyridine rings is 1. The Kier molecular flexibility index (Phi) is 3.94. The number of halogens is 1. The lowest BCUT2D eigenvalue weighted by Crippen LogP contribution is -2.37. The van der Waals surface area contributed by atoms with Gasteiger partial charge in [-0.05, 0) is 12.1 Å². The summed E-state index contributed by atoms with van der Waals surface area (Å²) in [6.07, 6.45) is 2.76. The molecule has 0 saturated heterocycles. The van der Waals surface area contributed by atoms with Gasteiger partial charge in [0.05, 0.1) is 11.3 Å². The zero-order chi connectivity index (χ0) is 17.4. The lowest BCUT2D eigenvalue weighted by molar-refractivity contribution is -0.116. The molecule has 3 heterocycles. The predicted octanol–water partition coefficient (Wildman–Crippen LogP) is 0.121. The second-order valence-electron chi connectivity index (χ2n) is 5.16. The summed E-state index contributed by atoms with van der Waals surface area (Å²) in [6, 6.07) is 3.16. The van der Waals surface area contributed by atoms with Gasteiger partial charge in [0, 0.05) is 20.3 Å². The Morgan fingerprint density at radius 3 is 2.62 bits per heavy atom. The van der Waals surface area contributed by atoms with Crippen LogP contribution >= 0.6 is 11.6 Å². The van der Waals surface area contributed by atoms with E-state index in [2.05, 4.69) is 15.3 Å². The molecular weight excluding hydrogens is 336 g/mol. The summed E-state index contributed by atoms with van der Waals surface area (Å²) in [6.45, 7) is -0.145. The van der Waals surface area contributed by atoms with Gasteiger partial charge in [0.25, 0.3) is 5.56 Å². The molecule has 0 atom stereocenters. The van der Waals surface area contributed by atoms with E-state index in [0.717, 1.165) is 4.57 Å². The van der Waals surface area contributed by atoms with Gasteiger partial charge in [0.15, 0.2) is 11.2 Å². The molecule has 0 saturated carbocycles. The molecule has 24 heavy (non-hydrogen) atoms. The molecule has 0 unspecified atom stereocenters. The van der Waals surface area contributed by atoms with Gasteiger partial charge in [-0.15, -0.1) is 0 Å². The molecule has 1 amide bonds. The van der Waals surface area contributed by atoms with Crippen molar-refractivity contribution in [3.05, 3.63) is 50.5 Å². The molecule has 9 nitrogen and oxygen atoms in total. The van der Waals surface area contributed by atoms with Crippen LogP contribution in [0.25, 0.3) is 11.2 Å². The summed E-state index contributed by atoms with van der Waals surface area (Å²) < 4.78 is 3.62. The molecule has 0 spiro atoms. The van der Waals surface area contributed by atoms with E-state index in [4.69, 9.17) is 11.6 Å². The lowest BCUT2D eigenvalue weighted by Gasteiger charge is -2.07. The summed E-state index contributed by atoms with van der Waals surface area (Å²) in [5.41, 5.74) is -0.588. The second kappa shape index (κ2) is 5.93. The number of carbonyl (C=O) groups is 1. The van der Waals surface area contributed by atoms with Crippen LogP contribution in [-0.2, 0) is 25.4 Å². The van der Waals surface area contributed by atoms with Gasteiger partial charge in [-0.25, -0.2) is 14.8 Å². The van der Waals surface area contributed by atoms with Gasteiger partial charge in [-0.2, -0.15) is 0 Å². The van der Waals surface area contributed by atoms with Gasteiger partial charge in [0.1, 0.15) is 12.4 Å². The number of anilines is 1. The first-order valence-electron chi connectivity index (χ1n) is 6.90. The summed E-state index contributed by atoms with van der Waals surface area (Å²) in [5, 5.41) is 3.05. The smallest absolute Gasteiger partial charge is 0.315 e. The van der Waals surface area contributed by atoms with Crippen LogP contribution in [0.1, 0.15) is 0 Å². The lowest BCUT2D eigenvalue weighted by atomic mass is 10.4. The molecule has 0 fully saturated rings. The maximum absolute atomic E-state index is 12.3. The molecule has 1 N–H and O–H groups in total. The van der Waals surface area contributed by atoms with Crippen LogP contribution in [0.2, 0.25) is 5.02 Å². The molecule has 0 bridgehead atoms. The molecule has 3 aromatic heterocycles. The summed E-state index contributed by atoms with van der Waals surface area (Å²) >= 11 is 5.74. The van der Waals surface area contributed by atoms with E-state index in [-0.39, 0.29) is 23.6 Å². The number of aromatic nitrogens is 5. The summed E-state index contributed by atoms with van der Waals surface area (Å²) in [5.74, 6) is -0.0471. The van der Waals surface area contributed by atoms with Crippen LogP contribution < -0.4 is 16.6 Å². The van der Waals surface area contributed by atoms with Crippen molar-refractivity contribution in [3.8, 4) is 0 Å². The number of hydrogen-bond acceptors (Lipinski definition) is 5. The Morgan fingerprint density at radius 1 is 1.21 bits per heavy atom. The minimum absolute atomic E-state index is 0.145. The molecule has 0 aliphatic rings. The largest absolute Gasteiger partial charge is 0.332 e. The summed E-state index contributed by atoms with van der Waals surface area (Å²) in [4.78, 5) is 44.3. The highest BCUT2D eigenvalue weighted by Crippen LogP contribution is 2.10. The molecule has 0 aliphatic heterocycles. The van der Waals surface area contributed by atoms with E-state index >= 15 is 0 Å². The first kappa shape index (κ1) is 15.9. The number of imidazole rings is 1. The van der Waals surface area contributed by atoms with Crippen molar-refractivity contribution >= 4 is 34.5 Å². The van der Waals surface area contributed by atoms with Crippen molar-refractivity contribution in [3.63, 3.8) is 0 Å². The van der Waals surface area contributed by atoms with Crippen LogP contribution in [-0.4, -0.2) is 29.6 Å². The minimum atomic E-state index is -0.511. The third-order valence-electron chi connectivity index (χ3n) is 3.53. The molecule has 0 aliphatic carbocycles. The first-order chi connectivity index (χ1) is 11.4. The normalized spacial score (nSPS) is 11.0. The highest BCUT2D eigenvalue weighted by atomic mass is 35.5. The number of rotatable bonds is 3. The number of hydrogen-bond donors (Lipinski definition) is 1. The number of nitrogens with one attached hydrogen (secondary N) is 1. The van der Waals surface area contributed by atoms with Gasteiger partial charge < -0.3 is 9.88 Å². The Morgan fingerprint density at radius 2 is 1.96 bits per heavy atom. The van der Waals surface area contributed by atoms with E-state index in [9.17, 15) is 14.4 Å². The van der Waals surface area contributed by atoms with Crippen LogP contribution in [0.4, 0.5) is 5.82 Å².